The molecule has 0 aliphatic rings. The lowest BCUT2D eigenvalue weighted by molar-refractivity contribution is -0.115. The Bertz CT molecular complexity index is 587. The fourth-order valence-corrected chi connectivity index (χ4v) is 2.08. The van der Waals surface area contributed by atoms with Gasteiger partial charge in [0, 0.05) is 12.3 Å². The van der Waals surface area contributed by atoms with Gasteiger partial charge in [0.15, 0.2) is 9.84 Å². The molecule has 0 spiro atoms. The molecule has 1 aromatic carbocycles. The normalized spacial score (nSPS) is 13.0. The third kappa shape index (κ3) is 4.90. The van der Waals surface area contributed by atoms with Crippen molar-refractivity contribution in [3.05, 3.63) is 24.0 Å². The molecule has 0 aromatic heterocycles. The molecule has 112 valence electrons. The summed E-state index contributed by atoms with van der Waals surface area (Å²) in [6.45, 7) is 3.94. The van der Waals surface area contributed by atoms with Gasteiger partial charge in [-0.15, -0.1) is 0 Å². The number of sulfone groups is 1. The van der Waals surface area contributed by atoms with E-state index in [4.69, 9.17) is 0 Å². The SMILES string of the molecule is CCC(C)NCC(=O)Nc1cc(S(C)(=O)=O)ccc1F. The van der Waals surface area contributed by atoms with Crippen LogP contribution in [0.2, 0.25) is 0 Å². The number of benzene rings is 1. The van der Waals surface area contributed by atoms with E-state index in [0.29, 0.717) is 0 Å². The Labute approximate surface area is 118 Å². The number of nitrogens with one attached hydrogen (secondary N) is 2. The number of amides is 1. The third-order valence-corrected chi connectivity index (χ3v) is 3.97. The van der Waals surface area contributed by atoms with E-state index >= 15 is 0 Å². The van der Waals surface area contributed by atoms with Crippen molar-refractivity contribution in [2.24, 2.45) is 0 Å². The van der Waals surface area contributed by atoms with Crippen LogP contribution in [0.25, 0.3) is 0 Å². The number of halogens is 1. The lowest BCUT2D eigenvalue weighted by Gasteiger charge is -2.12. The molecule has 0 radical (unpaired) electrons. The van der Waals surface area contributed by atoms with E-state index in [1.54, 1.807) is 0 Å². The van der Waals surface area contributed by atoms with Crippen LogP contribution < -0.4 is 10.6 Å². The summed E-state index contributed by atoms with van der Waals surface area (Å²) in [5, 5.41) is 5.33. The molecule has 0 fully saturated rings. The van der Waals surface area contributed by atoms with Crippen molar-refractivity contribution in [3.8, 4) is 0 Å². The molecule has 5 nitrogen and oxygen atoms in total. The largest absolute Gasteiger partial charge is 0.322 e. The predicted molar refractivity (Wildman–Crippen MR) is 75.9 cm³/mol. The van der Waals surface area contributed by atoms with Gasteiger partial charge in [-0.1, -0.05) is 6.92 Å². The maximum Gasteiger partial charge on any atom is 0.238 e. The molecule has 0 saturated carbocycles. The fraction of sp³-hybridized carbons (Fsp3) is 0.462. The Morgan fingerprint density at radius 1 is 1.40 bits per heavy atom. The van der Waals surface area contributed by atoms with Crippen LogP contribution >= 0.6 is 0 Å². The average Bonchev–Trinajstić information content (AvgIpc) is 2.37. The van der Waals surface area contributed by atoms with Crippen molar-refractivity contribution in [2.45, 2.75) is 31.2 Å². The molecule has 1 rings (SSSR count). The Morgan fingerprint density at radius 2 is 2.05 bits per heavy atom. The van der Waals surface area contributed by atoms with Crippen molar-refractivity contribution in [1.82, 2.24) is 5.32 Å². The third-order valence-electron chi connectivity index (χ3n) is 2.86. The highest BCUT2D eigenvalue weighted by molar-refractivity contribution is 7.90. The van der Waals surface area contributed by atoms with Crippen LogP contribution in [0, 0.1) is 5.82 Å². The minimum atomic E-state index is -3.44. The minimum absolute atomic E-state index is 0.0379. The zero-order valence-electron chi connectivity index (χ0n) is 11.7. The first-order valence-electron chi connectivity index (χ1n) is 6.27. The highest BCUT2D eigenvalue weighted by atomic mass is 32.2. The Morgan fingerprint density at radius 3 is 2.60 bits per heavy atom. The molecule has 1 aromatic rings. The van der Waals surface area contributed by atoms with E-state index in [-0.39, 0.29) is 23.2 Å². The van der Waals surface area contributed by atoms with Gasteiger partial charge < -0.3 is 10.6 Å². The highest BCUT2D eigenvalue weighted by Gasteiger charge is 2.13. The van der Waals surface area contributed by atoms with Gasteiger partial charge in [0.1, 0.15) is 5.82 Å². The van der Waals surface area contributed by atoms with Crippen LogP contribution in [0.4, 0.5) is 10.1 Å². The molecule has 0 aliphatic heterocycles. The maximum absolute atomic E-state index is 13.6. The quantitative estimate of drug-likeness (QED) is 0.782. The second-order valence-electron chi connectivity index (χ2n) is 4.65. The molecule has 0 bridgehead atoms. The summed E-state index contributed by atoms with van der Waals surface area (Å²) in [5.74, 6) is -1.09. The second kappa shape index (κ2) is 6.81. The van der Waals surface area contributed by atoms with Crippen LogP contribution in [0.3, 0.4) is 0 Å². The Balaban J connectivity index is 2.79. The van der Waals surface area contributed by atoms with E-state index in [1.165, 1.54) is 0 Å². The van der Waals surface area contributed by atoms with E-state index in [1.807, 2.05) is 13.8 Å². The van der Waals surface area contributed by atoms with E-state index in [0.717, 1.165) is 30.9 Å². The zero-order chi connectivity index (χ0) is 15.3. The van der Waals surface area contributed by atoms with Gasteiger partial charge >= 0.3 is 0 Å². The van der Waals surface area contributed by atoms with Gasteiger partial charge in [0.25, 0.3) is 0 Å². The number of carbonyl (C=O) groups excluding carboxylic acids is 1. The first-order chi connectivity index (χ1) is 9.24. The zero-order valence-corrected chi connectivity index (χ0v) is 12.6. The van der Waals surface area contributed by atoms with Crippen molar-refractivity contribution < 1.29 is 17.6 Å². The van der Waals surface area contributed by atoms with Crippen LogP contribution in [0.5, 0.6) is 0 Å². The molecule has 1 amide bonds. The van der Waals surface area contributed by atoms with Crippen LogP contribution in [-0.4, -0.2) is 33.2 Å². The monoisotopic (exact) mass is 302 g/mol. The topological polar surface area (TPSA) is 75.3 Å². The van der Waals surface area contributed by atoms with Crippen molar-refractivity contribution >= 4 is 21.4 Å². The molecule has 2 N–H and O–H groups in total. The smallest absolute Gasteiger partial charge is 0.238 e. The number of hydrogen-bond acceptors (Lipinski definition) is 4. The predicted octanol–water partition coefficient (Wildman–Crippen LogP) is 1.56. The van der Waals surface area contributed by atoms with Gasteiger partial charge in [-0.25, -0.2) is 12.8 Å². The lowest BCUT2D eigenvalue weighted by atomic mass is 10.2. The molecular formula is C13H19FN2O3S. The molecule has 1 atom stereocenters. The summed E-state index contributed by atoms with van der Waals surface area (Å²) >= 11 is 0. The average molecular weight is 302 g/mol. The number of rotatable bonds is 6. The number of carbonyl (C=O) groups is 1. The summed E-state index contributed by atoms with van der Waals surface area (Å²) in [6, 6.07) is 3.48. The summed E-state index contributed by atoms with van der Waals surface area (Å²) in [4.78, 5) is 11.6. The standard InChI is InChI=1S/C13H19FN2O3S/c1-4-9(2)15-8-13(17)16-12-7-10(20(3,18)19)5-6-11(12)14/h5-7,9,15H,4,8H2,1-3H3,(H,16,17). The highest BCUT2D eigenvalue weighted by Crippen LogP contribution is 2.19. The minimum Gasteiger partial charge on any atom is -0.322 e. The first kappa shape index (κ1) is 16.6. The number of anilines is 1. The molecule has 0 heterocycles. The molecule has 1 unspecified atom stereocenters. The molecule has 20 heavy (non-hydrogen) atoms. The molecule has 0 aliphatic carbocycles. The Hall–Kier alpha value is -1.47. The molecular weight excluding hydrogens is 283 g/mol. The fourth-order valence-electron chi connectivity index (χ4n) is 1.44. The van der Waals surface area contributed by atoms with Crippen molar-refractivity contribution in [2.75, 3.05) is 18.1 Å². The summed E-state index contributed by atoms with van der Waals surface area (Å²) in [7, 11) is -3.44. The van der Waals surface area contributed by atoms with Gasteiger partial charge in [0.05, 0.1) is 17.1 Å². The van der Waals surface area contributed by atoms with E-state index in [2.05, 4.69) is 10.6 Å². The summed E-state index contributed by atoms with van der Waals surface area (Å²) < 4.78 is 36.3. The van der Waals surface area contributed by atoms with Crippen molar-refractivity contribution in [1.29, 1.82) is 0 Å². The van der Waals surface area contributed by atoms with E-state index < -0.39 is 21.6 Å². The van der Waals surface area contributed by atoms with Crippen molar-refractivity contribution in [3.63, 3.8) is 0 Å². The maximum atomic E-state index is 13.6. The summed E-state index contributed by atoms with van der Waals surface area (Å²) in [6.07, 6.45) is 1.89. The second-order valence-corrected chi connectivity index (χ2v) is 6.67. The van der Waals surface area contributed by atoms with Crippen LogP contribution in [0.1, 0.15) is 20.3 Å². The first-order valence-corrected chi connectivity index (χ1v) is 8.16. The molecule has 7 heteroatoms. The summed E-state index contributed by atoms with van der Waals surface area (Å²) in [5.41, 5.74) is -0.135. The van der Waals surface area contributed by atoms with Gasteiger partial charge in [0.2, 0.25) is 5.91 Å². The lowest BCUT2D eigenvalue weighted by Crippen LogP contribution is -2.34. The van der Waals surface area contributed by atoms with E-state index in [9.17, 15) is 17.6 Å². The van der Waals surface area contributed by atoms with Gasteiger partial charge in [-0.2, -0.15) is 0 Å². The van der Waals surface area contributed by atoms with Gasteiger partial charge in [-0.05, 0) is 31.5 Å². The number of hydrogen-bond donors (Lipinski definition) is 2. The molecule has 0 saturated heterocycles. The van der Waals surface area contributed by atoms with Crippen LogP contribution in [0.15, 0.2) is 23.1 Å². The van der Waals surface area contributed by atoms with Crippen LogP contribution in [-0.2, 0) is 14.6 Å². The Kier molecular flexibility index (Phi) is 5.64. The van der Waals surface area contributed by atoms with Gasteiger partial charge in [-0.3, -0.25) is 4.79 Å².